The standard InChI is InChI=1S/C14H16F2O6Si/c1-4-23(20-9(2)17,21-10(3)18)22-14(19)8-11-5-6-12(15)13(16)7-11/h5-7H,4,8H2,1-3H3. The van der Waals surface area contributed by atoms with E-state index in [0.717, 1.165) is 26.0 Å². The largest absolute Gasteiger partial charge is 0.704 e. The second-order valence-corrected chi connectivity index (χ2v) is 7.31. The third-order valence-corrected chi connectivity index (χ3v) is 5.23. The molecule has 9 heteroatoms. The normalized spacial score (nSPS) is 10.8. The summed E-state index contributed by atoms with van der Waals surface area (Å²) in [6.45, 7) is 3.71. The predicted molar refractivity (Wildman–Crippen MR) is 75.9 cm³/mol. The fraction of sp³-hybridized carbons (Fsp3) is 0.357. The van der Waals surface area contributed by atoms with Crippen LogP contribution >= 0.6 is 0 Å². The van der Waals surface area contributed by atoms with Gasteiger partial charge in [-0.05, 0) is 17.7 Å². The van der Waals surface area contributed by atoms with Crippen LogP contribution in [0.1, 0.15) is 26.3 Å². The smallest absolute Gasteiger partial charge is 0.455 e. The fourth-order valence-corrected chi connectivity index (χ4v) is 3.60. The highest BCUT2D eigenvalue weighted by Crippen LogP contribution is 2.18. The third kappa shape index (κ3) is 5.78. The molecule has 1 rings (SSSR count). The summed E-state index contributed by atoms with van der Waals surface area (Å²) in [5.41, 5.74) is 0.165. The molecule has 1 aromatic rings. The van der Waals surface area contributed by atoms with Gasteiger partial charge in [-0.1, -0.05) is 13.0 Å². The summed E-state index contributed by atoms with van der Waals surface area (Å²) in [4.78, 5) is 34.3. The SMILES string of the molecule is CC[Si](OC(C)=O)(OC(C)=O)OC(=O)Cc1ccc(F)c(F)c1. The first kappa shape index (κ1) is 18.8. The quantitative estimate of drug-likeness (QED) is 0.734. The van der Waals surface area contributed by atoms with Crippen molar-refractivity contribution in [2.45, 2.75) is 33.2 Å². The van der Waals surface area contributed by atoms with Crippen molar-refractivity contribution in [2.75, 3.05) is 0 Å². The van der Waals surface area contributed by atoms with Crippen LogP contribution in [-0.2, 0) is 34.1 Å². The molecule has 0 amide bonds. The van der Waals surface area contributed by atoms with Crippen molar-refractivity contribution in [3.05, 3.63) is 35.4 Å². The Morgan fingerprint density at radius 2 is 1.57 bits per heavy atom. The van der Waals surface area contributed by atoms with Gasteiger partial charge in [0.05, 0.1) is 12.5 Å². The van der Waals surface area contributed by atoms with E-state index < -0.39 is 44.8 Å². The number of hydrogen-bond donors (Lipinski definition) is 0. The van der Waals surface area contributed by atoms with Gasteiger partial charge in [-0.25, -0.2) is 8.78 Å². The minimum absolute atomic E-state index is 0.00429. The predicted octanol–water partition coefficient (Wildman–Crippen LogP) is 2.14. The average Bonchev–Trinajstić information content (AvgIpc) is 2.41. The molecule has 0 spiro atoms. The summed E-state index contributed by atoms with van der Waals surface area (Å²) in [6.07, 6.45) is -0.394. The fourth-order valence-electron chi connectivity index (χ4n) is 1.74. The summed E-state index contributed by atoms with van der Waals surface area (Å²) in [7, 11) is -3.85. The first-order valence-electron chi connectivity index (χ1n) is 6.72. The van der Waals surface area contributed by atoms with Crippen molar-refractivity contribution in [1.29, 1.82) is 0 Å². The first-order valence-corrected chi connectivity index (χ1v) is 8.65. The van der Waals surface area contributed by atoms with E-state index in [1.165, 1.54) is 13.0 Å². The molecule has 0 saturated heterocycles. The van der Waals surface area contributed by atoms with Crippen molar-refractivity contribution >= 4 is 26.7 Å². The van der Waals surface area contributed by atoms with E-state index in [9.17, 15) is 23.2 Å². The Balaban J connectivity index is 2.88. The molecule has 6 nitrogen and oxygen atoms in total. The van der Waals surface area contributed by atoms with E-state index in [4.69, 9.17) is 13.3 Å². The van der Waals surface area contributed by atoms with Gasteiger partial charge in [0.25, 0.3) is 11.9 Å². The molecule has 1 aromatic carbocycles. The third-order valence-electron chi connectivity index (χ3n) is 2.63. The van der Waals surface area contributed by atoms with Crippen LogP contribution in [0.25, 0.3) is 0 Å². The first-order chi connectivity index (χ1) is 10.7. The number of benzene rings is 1. The molecular formula is C14H16F2O6Si. The Hall–Kier alpha value is -2.29. The van der Waals surface area contributed by atoms with Crippen molar-refractivity contribution in [1.82, 2.24) is 0 Å². The molecule has 0 unspecified atom stereocenters. The van der Waals surface area contributed by atoms with Crippen molar-refractivity contribution in [3.63, 3.8) is 0 Å². The lowest BCUT2D eigenvalue weighted by Gasteiger charge is -2.25. The number of carbonyl (C=O) groups is 3. The summed E-state index contributed by atoms with van der Waals surface area (Å²) < 4.78 is 40.9. The Labute approximate surface area is 132 Å². The van der Waals surface area contributed by atoms with Gasteiger partial charge in [0.1, 0.15) is 0 Å². The minimum atomic E-state index is -3.85. The average molecular weight is 346 g/mol. The number of carbonyl (C=O) groups excluding carboxylic acids is 3. The van der Waals surface area contributed by atoms with Crippen LogP contribution in [0.4, 0.5) is 8.78 Å². The molecule has 0 bridgehead atoms. The van der Waals surface area contributed by atoms with E-state index in [0.29, 0.717) is 0 Å². The molecule has 0 fully saturated rings. The van der Waals surface area contributed by atoms with Gasteiger partial charge in [-0.15, -0.1) is 0 Å². The van der Waals surface area contributed by atoms with Crippen LogP contribution in [-0.4, -0.2) is 26.7 Å². The van der Waals surface area contributed by atoms with Gasteiger partial charge >= 0.3 is 14.8 Å². The van der Waals surface area contributed by atoms with Crippen LogP contribution in [0.5, 0.6) is 0 Å². The highest BCUT2D eigenvalue weighted by Gasteiger charge is 2.50. The molecular weight excluding hydrogens is 330 g/mol. The van der Waals surface area contributed by atoms with Crippen LogP contribution in [0.15, 0.2) is 18.2 Å². The lowest BCUT2D eigenvalue weighted by atomic mass is 10.1. The highest BCUT2D eigenvalue weighted by atomic mass is 28.4. The molecule has 0 saturated carbocycles. The van der Waals surface area contributed by atoms with Crippen LogP contribution in [0, 0.1) is 11.6 Å². The topological polar surface area (TPSA) is 78.9 Å². The number of rotatable bonds is 6. The van der Waals surface area contributed by atoms with E-state index >= 15 is 0 Å². The molecule has 126 valence electrons. The van der Waals surface area contributed by atoms with Crippen LogP contribution < -0.4 is 0 Å². The Kier molecular flexibility index (Phi) is 6.37. The van der Waals surface area contributed by atoms with Gasteiger partial charge in [-0.3, -0.25) is 14.4 Å². The van der Waals surface area contributed by atoms with Crippen molar-refractivity contribution in [3.8, 4) is 0 Å². The van der Waals surface area contributed by atoms with Crippen LogP contribution in [0.3, 0.4) is 0 Å². The van der Waals surface area contributed by atoms with Crippen molar-refractivity contribution in [2.24, 2.45) is 0 Å². The van der Waals surface area contributed by atoms with Crippen molar-refractivity contribution < 1.29 is 36.4 Å². The lowest BCUT2D eigenvalue weighted by Crippen LogP contribution is -2.49. The van der Waals surface area contributed by atoms with Gasteiger partial charge in [0.2, 0.25) is 0 Å². The van der Waals surface area contributed by atoms with E-state index in [-0.39, 0.29) is 11.6 Å². The molecule has 0 heterocycles. The summed E-state index contributed by atoms with van der Waals surface area (Å²) in [5.74, 6) is -4.55. The van der Waals surface area contributed by atoms with Gasteiger partial charge < -0.3 is 13.3 Å². The van der Waals surface area contributed by atoms with E-state index in [1.54, 1.807) is 0 Å². The molecule has 0 radical (unpaired) electrons. The zero-order valence-electron chi connectivity index (χ0n) is 12.9. The Morgan fingerprint density at radius 1 is 1.00 bits per heavy atom. The Morgan fingerprint density at radius 3 is 2.00 bits per heavy atom. The monoisotopic (exact) mass is 346 g/mol. The second-order valence-electron chi connectivity index (χ2n) is 4.62. The molecule has 0 atom stereocenters. The molecule has 23 heavy (non-hydrogen) atoms. The second kappa shape index (κ2) is 7.81. The molecule has 0 aliphatic rings. The molecule has 0 aliphatic heterocycles. The van der Waals surface area contributed by atoms with Crippen LogP contribution in [0.2, 0.25) is 6.04 Å². The number of hydrogen-bond acceptors (Lipinski definition) is 6. The zero-order valence-corrected chi connectivity index (χ0v) is 13.9. The zero-order chi connectivity index (χ0) is 17.6. The summed E-state index contributed by atoms with van der Waals surface area (Å²) in [5, 5.41) is 0. The van der Waals surface area contributed by atoms with Gasteiger partial charge in [0, 0.05) is 13.8 Å². The Bertz CT molecular complexity index is 603. The lowest BCUT2D eigenvalue weighted by molar-refractivity contribution is -0.148. The highest BCUT2D eigenvalue weighted by molar-refractivity contribution is 6.65. The number of halogens is 2. The van der Waals surface area contributed by atoms with Gasteiger partial charge in [-0.2, -0.15) is 0 Å². The van der Waals surface area contributed by atoms with E-state index in [1.807, 2.05) is 0 Å². The minimum Gasteiger partial charge on any atom is -0.455 e. The van der Waals surface area contributed by atoms with E-state index in [2.05, 4.69) is 0 Å². The maximum atomic E-state index is 13.1. The molecule has 0 aliphatic carbocycles. The maximum Gasteiger partial charge on any atom is 0.704 e. The summed E-state index contributed by atoms with van der Waals surface area (Å²) in [6, 6.07) is 2.94. The molecule has 0 N–H and O–H groups in total. The maximum absolute atomic E-state index is 13.1. The van der Waals surface area contributed by atoms with Gasteiger partial charge in [0.15, 0.2) is 11.6 Å². The summed E-state index contributed by atoms with van der Waals surface area (Å²) >= 11 is 0. The molecule has 0 aromatic heterocycles.